The largest absolute Gasteiger partial charge is 0.314 e. The Morgan fingerprint density at radius 3 is 2.60 bits per heavy atom. The van der Waals surface area contributed by atoms with Crippen molar-refractivity contribution < 1.29 is 0 Å². The Balaban J connectivity index is 2.24. The van der Waals surface area contributed by atoms with Crippen LogP contribution < -0.4 is 5.32 Å². The quantitative estimate of drug-likeness (QED) is 0.602. The molecule has 1 radical (unpaired) electrons. The molecule has 0 bridgehead atoms. The lowest BCUT2D eigenvalue weighted by Crippen LogP contribution is -2.47. The zero-order valence-corrected chi connectivity index (χ0v) is 6.77. The summed E-state index contributed by atoms with van der Waals surface area (Å²) >= 11 is 0. The van der Waals surface area contributed by atoms with E-state index in [9.17, 15) is 0 Å². The van der Waals surface area contributed by atoms with Gasteiger partial charge in [-0.05, 0) is 13.3 Å². The molecule has 1 heterocycles. The van der Waals surface area contributed by atoms with E-state index < -0.39 is 0 Å². The molecule has 1 aliphatic heterocycles. The molecule has 1 atom stereocenters. The topological polar surface area (TPSA) is 15.3 Å². The van der Waals surface area contributed by atoms with Crippen LogP contribution in [0.15, 0.2) is 0 Å². The number of hydrogen-bond acceptors (Lipinski definition) is 2. The van der Waals surface area contributed by atoms with Gasteiger partial charge in [-0.25, -0.2) is 0 Å². The van der Waals surface area contributed by atoms with Gasteiger partial charge in [-0.3, -0.25) is 4.90 Å². The van der Waals surface area contributed by atoms with Crippen molar-refractivity contribution in [2.45, 2.75) is 19.4 Å². The van der Waals surface area contributed by atoms with Gasteiger partial charge in [-0.2, -0.15) is 0 Å². The van der Waals surface area contributed by atoms with Crippen LogP contribution in [0.1, 0.15) is 13.3 Å². The molecule has 0 aromatic heterocycles. The molecule has 1 rings (SSSR count). The number of nitrogens with zero attached hydrogens (tertiary/aromatic N) is 1. The van der Waals surface area contributed by atoms with Crippen molar-refractivity contribution in [1.82, 2.24) is 10.2 Å². The summed E-state index contributed by atoms with van der Waals surface area (Å²) in [6.07, 6.45) is 1.17. The summed E-state index contributed by atoms with van der Waals surface area (Å²) < 4.78 is 0. The summed E-state index contributed by atoms with van der Waals surface area (Å²) in [6.45, 7) is 10.9. The highest BCUT2D eigenvalue weighted by Gasteiger charge is 2.13. The first-order chi connectivity index (χ1) is 4.84. The first-order valence-corrected chi connectivity index (χ1v) is 4.12. The molecule has 1 aliphatic rings. The van der Waals surface area contributed by atoms with E-state index in [1.165, 1.54) is 19.5 Å². The van der Waals surface area contributed by atoms with Gasteiger partial charge in [0.1, 0.15) is 0 Å². The van der Waals surface area contributed by atoms with Crippen LogP contribution in [0.2, 0.25) is 0 Å². The predicted octanol–water partition coefficient (Wildman–Crippen LogP) is 0.504. The van der Waals surface area contributed by atoms with Crippen molar-refractivity contribution in [3.63, 3.8) is 0 Å². The number of hydrogen-bond donors (Lipinski definition) is 1. The molecular weight excluding hydrogens is 124 g/mol. The van der Waals surface area contributed by atoms with Crippen molar-refractivity contribution in [2.75, 3.05) is 26.2 Å². The number of nitrogens with one attached hydrogen (secondary N) is 1. The molecular formula is C8H17N2. The van der Waals surface area contributed by atoms with Crippen molar-refractivity contribution in [2.24, 2.45) is 0 Å². The van der Waals surface area contributed by atoms with E-state index in [1.54, 1.807) is 0 Å². The van der Waals surface area contributed by atoms with Crippen LogP contribution in [0.4, 0.5) is 0 Å². The lowest BCUT2D eigenvalue weighted by Gasteiger charge is -2.31. The molecule has 1 saturated heterocycles. The van der Waals surface area contributed by atoms with E-state index in [4.69, 9.17) is 0 Å². The summed E-state index contributed by atoms with van der Waals surface area (Å²) in [5.74, 6) is 0. The maximum atomic E-state index is 4.08. The average Bonchev–Trinajstić information content (AvgIpc) is 2.05. The summed E-state index contributed by atoms with van der Waals surface area (Å²) in [5, 5.41) is 3.32. The second-order valence-electron chi connectivity index (χ2n) is 2.85. The highest BCUT2D eigenvalue weighted by molar-refractivity contribution is 4.76. The predicted molar refractivity (Wildman–Crippen MR) is 43.9 cm³/mol. The van der Waals surface area contributed by atoms with Gasteiger partial charge in [0, 0.05) is 32.2 Å². The van der Waals surface area contributed by atoms with Crippen molar-refractivity contribution in [3.05, 3.63) is 6.92 Å². The van der Waals surface area contributed by atoms with Gasteiger partial charge in [0.05, 0.1) is 0 Å². The zero-order chi connectivity index (χ0) is 7.40. The smallest absolute Gasteiger partial charge is 0.0110 e. The fourth-order valence-corrected chi connectivity index (χ4v) is 1.31. The maximum Gasteiger partial charge on any atom is 0.0110 e. The summed E-state index contributed by atoms with van der Waals surface area (Å²) in [5.41, 5.74) is 0. The fraction of sp³-hybridized carbons (Fsp3) is 0.875. The summed E-state index contributed by atoms with van der Waals surface area (Å²) in [4.78, 5) is 2.44. The highest BCUT2D eigenvalue weighted by Crippen LogP contribution is 2.02. The molecule has 1 N–H and O–H groups in total. The summed E-state index contributed by atoms with van der Waals surface area (Å²) in [6, 6.07) is 0.530. The first-order valence-electron chi connectivity index (χ1n) is 4.12. The van der Waals surface area contributed by atoms with E-state index in [0.29, 0.717) is 6.04 Å². The minimum absolute atomic E-state index is 0.530. The molecule has 1 fully saturated rings. The average molecular weight is 141 g/mol. The number of piperazine rings is 1. The van der Waals surface area contributed by atoms with Gasteiger partial charge in [0.2, 0.25) is 0 Å². The minimum atomic E-state index is 0.530. The molecule has 59 valence electrons. The second-order valence-corrected chi connectivity index (χ2v) is 2.85. The third-order valence-electron chi connectivity index (χ3n) is 2.14. The molecule has 0 aromatic rings. The zero-order valence-electron chi connectivity index (χ0n) is 6.77. The Kier molecular flexibility index (Phi) is 3.16. The monoisotopic (exact) mass is 141 g/mol. The second kappa shape index (κ2) is 3.94. The van der Waals surface area contributed by atoms with Crippen LogP contribution in [0, 0.1) is 6.92 Å². The first kappa shape index (κ1) is 8.02. The van der Waals surface area contributed by atoms with Crippen LogP contribution in [0.25, 0.3) is 0 Å². The van der Waals surface area contributed by atoms with Crippen molar-refractivity contribution >= 4 is 0 Å². The molecule has 10 heavy (non-hydrogen) atoms. The van der Waals surface area contributed by atoms with Crippen molar-refractivity contribution in [1.29, 1.82) is 0 Å². The third-order valence-corrected chi connectivity index (χ3v) is 2.14. The van der Waals surface area contributed by atoms with Gasteiger partial charge in [0.15, 0.2) is 0 Å². The highest BCUT2D eigenvalue weighted by atomic mass is 15.2. The Bertz CT molecular complexity index is 87.3. The SMILES string of the molecule is [CH2]C(CC)N1CCNCC1. The van der Waals surface area contributed by atoms with Crippen LogP contribution in [0.3, 0.4) is 0 Å². The van der Waals surface area contributed by atoms with Crippen LogP contribution in [-0.2, 0) is 0 Å². The molecule has 2 nitrogen and oxygen atoms in total. The Morgan fingerprint density at radius 2 is 2.10 bits per heavy atom. The molecule has 2 heteroatoms. The molecule has 0 aromatic carbocycles. The molecule has 0 spiro atoms. The van der Waals surface area contributed by atoms with Gasteiger partial charge in [-0.15, -0.1) is 0 Å². The van der Waals surface area contributed by atoms with E-state index >= 15 is 0 Å². The van der Waals surface area contributed by atoms with Crippen LogP contribution in [-0.4, -0.2) is 37.1 Å². The minimum Gasteiger partial charge on any atom is -0.314 e. The van der Waals surface area contributed by atoms with E-state index in [-0.39, 0.29) is 0 Å². The number of rotatable bonds is 2. The van der Waals surface area contributed by atoms with Gasteiger partial charge < -0.3 is 5.32 Å². The molecule has 0 amide bonds. The standard InChI is InChI=1S/C8H17N2/c1-3-8(2)10-6-4-9-5-7-10/h8-9H,2-7H2,1H3. The normalized spacial score (nSPS) is 24.6. The van der Waals surface area contributed by atoms with Crippen LogP contribution in [0.5, 0.6) is 0 Å². The van der Waals surface area contributed by atoms with Crippen molar-refractivity contribution in [3.8, 4) is 0 Å². The molecule has 0 aliphatic carbocycles. The van der Waals surface area contributed by atoms with Gasteiger partial charge >= 0.3 is 0 Å². The van der Waals surface area contributed by atoms with E-state index in [1.807, 2.05) is 0 Å². The van der Waals surface area contributed by atoms with Gasteiger partial charge in [-0.1, -0.05) is 6.92 Å². The molecule has 0 saturated carbocycles. The third kappa shape index (κ3) is 1.96. The maximum absolute atomic E-state index is 4.08. The van der Waals surface area contributed by atoms with E-state index in [0.717, 1.165) is 13.1 Å². The molecule has 1 unspecified atom stereocenters. The Morgan fingerprint density at radius 1 is 1.50 bits per heavy atom. The Labute approximate surface area is 63.6 Å². The summed E-state index contributed by atoms with van der Waals surface area (Å²) in [7, 11) is 0. The lowest BCUT2D eigenvalue weighted by molar-refractivity contribution is 0.196. The van der Waals surface area contributed by atoms with E-state index in [2.05, 4.69) is 24.1 Å². The lowest BCUT2D eigenvalue weighted by atomic mass is 10.2. The van der Waals surface area contributed by atoms with Crippen LogP contribution >= 0.6 is 0 Å². The fourth-order valence-electron chi connectivity index (χ4n) is 1.31. The Hall–Kier alpha value is -0.0800. The van der Waals surface area contributed by atoms with Gasteiger partial charge in [0.25, 0.3) is 0 Å².